The molecule has 0 aliphatic carbocycles. The molecule has 2 rings (SSSR count). The summed E-state index contributed by atoms with van der Waals surface area (Å²) in [6.07, 6.45) is 0.0847. The summed E-state index contributed by atoms with van der Waals surface area (Å²) in [6.45, 7) is 3.95. The van der Waals surface area contributed by atoms with Crippen molar-refractivity contribution in [1.29, 1.82) is 10.5 Å². The molecule has 9 heteroatoms. The van der Waals surface area contributed by atoms with Gasteiger partial charge in [-0.2, -0.15) is 10.5 Å². The number of hydrogen-bond donors (Lipinski definition) is 2. The Bertz CT molecular complexity index is 829. The number of aromatic nitrogens is 3. The Balaban J connectivity index is 2.02. The van der Waals surface area contributed by atoms with Gasteiger partial charge in [0.2, 0.25) is 11.9 Å². The molecule has 0 spiro atoms. The molecule has 0 atom stereocenters. The lowest BCUT2D eigenvalue weighted by atomic mass is 10.3. The zero-order valence-corrected chi connectivity index (χ0v) is 12.7. The average Bonchev–Trinajstić information content (AvgIpc) is 2.98. The minimum absolute atomic E-state index is 0.00155. The number of aryl methyl sites for hydroxylation is 1. The molecule has 112 valence electrons. The minimum atomic E-state index is -0.363. The van der Waals surface area contributed by atoms with Crippen molar-refractivity contribution >= 4 is 23.2 Å². The van der Waals surface area contributed by atoms with Crippen molar-refractivity contribution in [1.82, 2.24) is 14.5 Å². The summed E-state index contributed by atoms with van der Waals surface area (Å²) < 4.78 is 1.54. The number of thiazole rings is 1. The third-order valence-electron chi connectivity index (χ3n) is 3.12. The van der Waals surface area contributed by atoms with Crippen LogP contribution in [0.2, 0.25) is 0 Å². The molecule has 2 aromatic rings. The molecule has 2 heterocycles. The number of nitrogens with one attached hydrogen (secondary N) is 2. The highest BCUT2D eigenvalue weighted by atomic mass is 32.1. The summed E-state index contributed by atoms with van der Waals surface area (Å²) in [4.78, 5) is 30.7. The Morgan fingerprint density at radius 3 is 2.64 bits per heavy atom. The maximum absolute atomic E-state index is 11.9. The van der Waals surface area contributed by atoms with Gasteiger partial charge in [0, 0.05) is 23.5 Å². The quantitative estimate of drug-likeness (QED) is 0.870. The van der Waals surface area contributed by atoms with E-state index in [0.29, 0.717) is 0 Å². The van der Waals surface area contributed by atoms with Crippen molar-refractivity contribution in [2.75, 3.05) is 5.32 Å². The number of nitriles is 2. The summed E-state index contributed by atoms with van der Waals surface area (Å²) >= 11 is 1.15. The Labute approximate surface area is 129 Å². The fourth-order valence-corrected chi connectivity index (χ4v) is 2.71. The van der Waals surface area contributed by atoms with Gasteiger partial charge in [0.25, 0.3) is 0 Å². The largest absolute Gasteiger partial charge is 0.314 e. The molecule has 22 heavy (non-hydrogen) atoms. The van der Waals surface area contributed by atoms with Gasteiger partial charge >= 0.3 is 4.87 Å². The molecule has 0 radical (unpaired) electrons. The van der Waals surface area contributed by atoms with Gasteiger partial charge in [-0.1, -0.05) is 11.3 Å². The highest BCUT2D eigenvalue weighted by Crippen LogP contribution is 2.11. The third-order valence-corrected chi connectivity index (χ3v) is 4.11. The van der Waals surface area contributed by atoms with Gasteiger partial charge in [0.15, 0.2) is 11.4 Å². The van der Waals surface area contributed by atoms with Gasteiger partial charge in [-0.3, -0.25) is 14.9 Å². The van der Waals surface area contributed by atoms with Crippen LogP contribution in [-0.4, -0.2) is 20.4 Å². The number of nitrogens with zero attached hydrogens (tertiary/aromatic N) is 4. The summed E-state index contributed by atoms with van der Waals surface area (Å²) in [5.41, 5.74) is 0.774. The van der Waals surface area contributed by atoms with Gasteiger partial charge in [0.1, 0.15) is 12.1 Å². The van der Waals surface area contributed by atoms with Crippen LogP contribution in [0.5, 0.6) is 0 Å². The number of rotatable bonds is 4. The highest BCUT2D eigenvalue weighted by molar-refractivity contribution is 7.09. The van der Waals surface area contributed by atoms with Crippen molar-refractivity contribution in [3.63, 3.8) is 0 Å². The molecule has 0 saturated carbocycles. The standard InChI is InChI=1S/C13H12N6O2S/c1-7-8(2)22-13(21)19(7)4-3-11(20)18-12-16-9(5-14)10(6-15)17-12/h3-4H2,1-2H3,(H2,16,17,18,20). The maximum Gasteiger partial charge on any atom is 0.307 e. The molecule has 0 saturated heterocycles. The zero-order chi connectivity index (χ0) is 16.3. The average molecular weight is 316 g/mol. The summed E-state index contributed by atoms with van der Waals surface area (Å²) in [5.74, 6) is -0.318. The second-order valence-corrected chi connectivity index (χ2v) is 5.66. The van der Waals surface area contributed by atoms with Crippen LogP contribution in [0.25, 0.3) is 0 Å². The molecule has 1 amide bonds. The van der Waals surface area contributed by atoms with E-state index in [1.807, 2.05) is 13.8 Å². The first kappa shape index (κ1) is 15.5. The fraction of sp³-hybridized carbons (Fsp3) is 0.308. The number of aromatic amines is 1. The third kappa shape index (κ3) is 3.05. The highest BCUT2D eigenvalue weighted by Gasteiger charge is 2.13. The number of carbonyl (C=O) groups is 1. The number of amides is 1. The van der Waals surface area contributed by atoms with Crippen LogP contribution in [0, 0.1) is 36.5 Å². The van der Waals surface area contributed by atoms with Crippen molar-refractivity contribution in [3.8, 4) is 12.1 Å². The second kappa shape index (κ2) is 6.24. The molecular weight excluding hydrogens is 304 g/mol. The SMILES string of the molecule is Cc1sc(=O)n(CCC(=O)Nc2nc(C#N)c(C#N)[nH]2)c1C. The molecule has 8 nitrogen and oxygen atoms in total. The number of imidazole rings is 1. The maximum atomic E-state index is 11.9. The minimum Gasteiger partial charge on any atom is -0.314 e. The van der Waals surface area contributed by atoms with Crippen molar-refractivity contribution in [2.24, 2.45) is 0 Å². The zero-order valence-electron chi connectivity index (χ0n) is 11.9. The number of hydrogen-bond acceptors (Lipinski definition) is 6. The summed E-state index contributed by atoms with van der Waals surface area (Å²) in [5, 5.41) is 20.0. The van der Waals surface area contributed by atoms with E-state index in [1.165, 1.54) is 0 Å². The van der Waals surface area contributed by atoms with Gasteiger partial charge < -0.3 is 9.55 Å². The molecule has 2 aromatic heterocycles. The Morgan fingerprint density at radius 1 is 1.41 bits per heavy atom. The van der Waals surface area contributed by atoms with Gasteiger partial charge in [0.05, 0.1) is 0 Å². The Hall–Kier alpha value is -2.91. The van der Waals surface area contributed by atoms with Crippen molar-refractivity contribution in [3.05, 3.63) is 31.6 Å². The predicted octanol–water partition coefficient (Wildman–Crippen LogP) is 1.02. The number of anilines is 1. The first-order valence-corrected chi connectivity index (χ1v) is 7.14. The van der Waals surface area contributed by atoms with Crippen LogP contribution < -0.4 is 10.2 Å². The van der Waals surface area contributed by atoms with Gasteiger partial charge in [-0.25, -0.2) is 4.98 Å². The lowest BCUT2D eigenvalue weighted by molar-refractivity contribution is -0.116. The van der Waals surface area contributed by atoms with E-state index < -0.39 is 0 Å². The second-order valence-electron chi connectivity index (χ2n) is 4.49. The molecule has 0 fully saturated rings. The predicted molar refractivity (Wildman–Crippen MR) is 79.3 cm³/mol. The molecule has 0 aliphatic rings. The van der Waals surface area contributed by atoms with E-state index >= 15 is 0 Å². The van der Waals surface area contributed by atoms with Crippen molar-refractivity contribution < 1.29 is 4.79 Å². The molecule has 0 aromatic carbocycles. The van der Waals surface area contributed by atoms with E-state index in [2.05, 4.69) is 15.3 Å². The Morgan fingerprint density at radius 2 is 2.14 bits per heavy atom. The summed E-state index contributed by atoms with van der Waals surface area (Å²) in [7, 11) is 0. The van der Waals surface area contributed by atoms with E-state index in [-0.39, 0.29) is 41.1 Å². The van der Waals surface area contributed by atoms with Crippen LogP contribution in [0.3, 0.4) is 0 Å². The number of H-pyrrole nitrogens is 1. The first-order chi connectivity index (χ1) is 10.5. The van der Waals surface area contributed by atoms with Crippen LogP contribution in [0.4, 0.5) is 5.95 Å². The van der Waals surface area contributed by atoms with Crippen molar-refractivity contribution in [2.45, 2.75) is 26.8 Å². The monoisotopic (exact) mass is 316 g/mol. The van der Waals surface area contributed by atoms with Gasteiger partial charge in [-0.05, 0) is 13.8 Å². The van der Waals surface area contributed by atoms with E-state index in [4.69, 9.17) is 10.5 Å². The van der Waals surface area contributed by atoms with E-state index in [9.17, 15) is 9.59 Å². The lowest BCUT2D eigenvalue weighted by Gasteiger charge is -2.05. The van der Waals surface area contributed by atoms with Crippen LogP contribution in [0.15, 0.2) is 4.79 Å². The van der Waals surface area contributed by atoms with E-state index in [0.717, 1.165) is 21.9 Å². The van der Waals surface area contributed by atoms with Crippen LogP contribution >= 0.6 is 11.3 Å². The smallest absolute Gasteiger partial charge is 0.307 e. The fourth-order valence-electron chi connectivity index (χ4n) is 1.85. The van der Waals surface area contributed by atoms with Gasteiger partial charge in [-0.15, -0.1) is 0 Å². The van der Waals surface area contributed by atoms with Crippen LogP contribution in [-0.2, 0) is 11.3 Å². The number of carbonyl (C=O) groups excluding carboxylic acids is 1. The topological polar surface area (TPSA) is 127 Å². The lowest BCUT2D eigenvalue weighted by Crippen LogP contribution is -2.20. The molecule has 0 aliphatic heterocycles. The Kier molecular flexibility index (Phi) is 4.39. The normalized spacial score (nSPS) is 10.0. The first-order valence-electron chi connectivity index (χ1n) is 6.33. The molecule has 0 unspecified atom stereocenters. The van der Waals surface area contributed by atoms with E-state index in [1.54, 1.807) is 16.7 Å². The summed E-state index contributed by atoms with van der Waals surface area (Å²) in [6, 6.07) is 3.54. The molecular formula is C13H12N6O2S. The molecule has 0 bridgehead atoms. The van der Waals surface area contributed by atoms with Crippen LogP contribution in [0.1, 0.15) is 28.4 Å². The molecule has 2 N–H and O–H groups in total.